The Morgan fingerprint density at radius 2 is 1.71 bits per heavy atom. The molecule has 0 saturated heterocycles. The number of hydrogen-bond donors (Lipinski definition) is 2. The number of rotatable bonds is 7. The Balaban J connectivity index is 1.79. The molecule has 1 amide bonds. The van der Waals surface area contributed by atoms with Crippen molar-refractivity contribution in [2.75, 3.05) is 12.4 Å². The van der Waals surface area contributed by atoms with E-state index in [0.717, 1.165) is 28.1 Å². The number of benzene rings is 2. The standard InChI is InChI=1S/C24H28N4O3/c1-15-10-16(2)12-20(11-15)27-24-25-17(3)13-23(30)28(24)14-22(29)26-18(4)19-6-8-21(31-5)9-7-19/h6-13,18H,14H2,1-5H3,(H,25,27)(H,26,29). The third kappa shape index (κ3) is 5.72. The molecule has 2 aromatic carbocycles. The number of hydrogen-bond acceptors (Lipinski definition) is 5. The summed E-state index contributed by atoms with van der Waals surface area (Å²) in [5.74, 6) is 0.809. The van der Waals surface area contributed by atoms with Gasteiger partial charge in [-0.05, 0) is 68.7 Å². The number of amides is 1. The molecule has 0 saturated carbocycles. The third-order valence-electron chi connectivity index (χ3n) is 4.91. The van der Waals surface area contributed by atoms with Gasteiger partial charge in [0.05, 0.1) is 13.2 Å². The Bertz CT molecular complexity index is 1120. The Morgan fingerprint density at radius 3 is 2.32 bits per heavy atom. The lowest BCUT2D eigenvalue weighted by Gasteiger charge is -2.18. The number of nitrogens with zero attached hydrogens (tertiary/aromatic N) is 2. The second kappa shape index (κ2) is 9.47. The number of carbonyl (C=O) groups excluding carboxylic acids is 1. The number of aromatic nitrogens is 2. The summed E-state index contributed by atoms with van der Waals surface area (Å²) >= 11 is 0. The fourth-order valence-electron chi connectivity index (χ4n) is 3.45. The van der Waals surface area contributed by atoms with Crippen LogP contribution in [0.5, 0.6) is 5.75 Å². The molecule has 3 rings (SSSR count). The van der Waals surface area contributed by atoms with E-state index in [0.29, 0.717) is 11.6 Å². The van der Waals surface area contributed by atoms with Crippen LogP contribution in [0.2, 0.25) is 0 Å². The van der Waals surface area contributed by atoms with E-state index in [1.165, 1.54) is 10.6 Å². The SMILES string of the molecule is COc1ccc(C(C)NC(=O)Cn2c(Nc3cc(C)cc(C)c3)nc(C)cc2=O)cc1. The molecule has 2 N–H and O–H groups in total. The Kier molecular flexibility index (Phi) is 6.74. The van der Waals surface area contributed by atoms with Crippen molar-refractivity contribution in [3.63, 3.8) is 0 Å². The van der Waals surface area contributed by atoms with Crippen LogP contribution in [-0.4, -0.2) is 22.6 Å². The van der Waals surface area contributed by atoms with Crippen LogP contribution in [0, 0.1) is 20.8 Å². The Morgan fingerprint density at radius 1 is 1.06 bits per heavy atom. The molecule has 0 fully saturated rings. The highest BCUT2D eigenvalue weighted by Crippen LogP contribution is 2.19. The van der Waals surface area contributed by atoms with Crippen molar-refractivity contribution in [1.29, 1.82) is 0 Å². The predicted octanol–water partition coefficient (Wildman–Crippen LogP) is 3.80. The topological polar surface area (TPSA) is 85.2 Å². The lowest BCUT2D eigenvalue weighted by molar-refractivity contribution is -0.122. The zero-order valence-corrected chi connectivity index (χ0v) is 18.5. The minimum atomic E-state index is -0.286. The first-order valence-corrected chi connectivity index (χ1v) is 10.1. The summed E-state index contributed by atoms with van der Waals surface area (Å²) in [6.45, 7) is 7.51. The number of nitrogens with one attached hydrogen (secondary N) is 2. The molecule has 0 radical (unpaired) electrons. The van der Waals surface area contributed by atoms with Crippen molar-refractivity contribution in [2.45, 2.75) is 40.3 Å². The predicted molar refractivity (Wildman–Crippen MR) is 122 cm³/mol. The van der Waals surface area contributed by atoms with E-state index >= 15 is 0 Å². The highest BCUT2D eigenvalue weighted by molar-refractivity contribution is 5.76. The summed E-state index contributed by atoms with van der Waals surface area (Å²) in [6.07, 6.45) is 0. The van der Waals surface area contributed by atoms with Crippen LogP contribution >= 0.6 is 0 Å². The normalized spacial score (nSPS) is 11.6. The van der Waals surface area contributed by atoms with Gasteiger partial charge >= 0.3 is 0 Å². The number of anilines is 2. The summed E-state index contributed by atoms with van der Waals surface area (Å²) in [6, 6.07) is 14.7. The Hall–Kier alpha value is -3.61. The minimum Gasteiger partial charge on any atom is -0.497 e. The van der Waals surface area contributed by atoms with E-state index < -0.39 is 0 Å². The van der Waals surface area contributed by atoms with E-state index in [1.807, 2.05) is 57.2 Å². The maximum absolute atomic E-state index is 12.7. The van der Waals surface area contributed by atoms with Crippen LogP contribution in [-0.2, 0) is 11.3 Å². The van der Waals surface area contributed by atoms with Crippen LogP contribution < -0.4 is 20.9 Å². The smallest absolute Gasteiger partial charge is 0.255 e. The summed E-state index contributed by atoms with van der Waals surface area (Å²) in [5, 5.41) is 6.14. The quantitative estimate of drug-likeness (QED) is 0.607. The number of carbonyl (C=O) groups is 1. The van der Waals surface area contributed by atoms with Crippen LogP contribution in [0.3, 0.4) is 0 Å². The first-order valence-electron chi connectivity index (χ1n) is 10.1. The number of ether oxygens (including phenoxy) is 1. The minimum absolute atomic E-state index is 0.139. The maximum atomic E-state index is 12.7. The number of methoxy groups -OCH3 is 1. The molecule has 0 aliphatic rings. The molecule has 31 heavy (non-hydrogen) atoms. The lowest BCUT2D eigenvalue weighted by Crippen LogP contribution is -2.35. The first-order chi connectivity index (χ1) is 14.7. The zero-order valence-electron chi connectivity index (χ0n) is 18.5. The van der Waals surface area contributed by atoms with Gasteiger partial charge in [0, 0.05) is 17.4 Å². The maximum Gasteiger partial charge on any atom is 0.255 e. The molecule has 0 aliphatic heterocycles. The largest absolute Gasteiger partial charge is 0.497 e. The third-order valence-corrected chi connectivity index (χ3v) is 4.91. The average molecular weight is 421 g/mol. The van der Waals surface area contributed by atoms with Gasteiger partial charge in [0.25, 0.3) is 5.56 Å². The van der Waals surface area contributed by atoms with Crippen molar-refractivity contribution < 1.29 is 9.53 Å². The molecule has 7 nitrogen and oxygen atoms in total. The fraction of sp³-hybridized carbons (Fsp3) is 0.292. The highest BCUT2D eigenvalue weighted by Gasteiger charge is 2.15. The molecule has 3 aromatic rings. The van der Waals surface area contributed by atoms with E-state index in [1.54, 1.807) is 14.0 Å². The molecule has 1 atom stereocenters. The van der Waals surface area contributed by atoms with Crippen molar-refractivity contribution >= 4 is 17.5 Å². The molecule has 1 aromatic heterocycles. The van der Waals surface area contributed by atoms with Gasteiger partial charge in [0.2, 0.25) is 11.9 Å². The van der Waals surface area contributed by atoms with Gasteiger partial charge in [-0.15, -0.1) is 0 Å². The molecular weight excluding hydrogens is 392 g/mol. The van der Waals surface area contributed by atoms with Crippen LogP contribution in [0.15, 0.2) is 53.3 Å². The van der Waals surface area contributed by atoms with E-state index in [9.17, 15) is 9.59 Å². The monoisotopic (exact) mass is 420 g/mol. The summed E-state index contributed by atoms with van der Waals surface area (Å²) in [4.78, 5) is 29.8. The molecule has 0 aliphatic carbocycles. The second-order valence-electron chi connectivity index (χ2n) is 7.71. The molecule has 162 valence electrons. The summed E-state index contributed by atoms with van der Waals surface area (Å²) in [5.41, 5.74) is 4.24. The van der Waals surface area contributed by atoms with E-state index in [-0.39, 0.29) is 24.1 Å². The molecule has 1 unspecified atom stereocenters. The molecule has 7 heteroatoms. The summed E-state index contributed by atoms with van der Waals surface area (Å²) < 4.78 is 6.52. The lowest BCUT2D eigenvalue weighted by atomic mass is 10.1. The van der Waals surface area contributed by atoms with Crippen molar-refractivity contribution in [3.8, 4) is 5.75 Å². The Labute approximate surface area is 182 Å². The van der Waals surface area contributed by atoms with E-state index in [4.69, 9.17) is 4.74 Å². The van der Waals surface area contributed by atoms with Gasteiger partial charge in [-0.1, -0.05) is 18.2 Å². The molecule has 0 bridgehead atoms. The van der Waals surface area contributed by atoms with Gasteiger partial charge in [0.1, 0.15) is 12.3 Å². The molecule has 1 heterocycles. The van der Waals surface area contributed by atoms with Crippen LogP contribution in [0.1, 0.15) is 35.3 Å². The first kappa shape index (κ1) is 22.1. The molecule has 0 spiro atoms. The van der Waals surface area contributed by atoms with Crippen LogP contribution in [0.25, 0.3) is 0 Å². The van der Waals surface area contributed by atoms with Gasteiger partial charge < -0.3 is 15.4 Å². The van der Waals surface area contributed by atoms with Crippen molar-refractivity contribution in [3.05, 3.63) is 81.3 Å². The summed E-state index contributed by atoms with van der Waals surface area (Å²) in [7, 11) is 1.61. The second-order valence-corrected chi connectivity index (χ2v) is 7.71. The van der Waals surface area contributed by atoms with Gasteiger partial charge in [0.15, 0.2) is 0 Å². The van der Waals surface area contributed by atoms with Gasteiger partial charge in [-0.25, -0.2) is 4.98 Å². The van der Waals surface area contributed by atoms with Gasteiger partial charge in [-0.3, -0.25) is 14.2 Å². The van der Waals surface area contributed by atoms with E-state index in [2.05, 4.69) is 21.7 Å². The number of aryl methyl sites for hydroxylation is 3. The fourth-order valence-corrected chi connectivity index (χ4v) is 3.45. The highest BCUT2D eigenvalue weighted by atomic mass is 16.5. The van der Waals surface area contributed by atoms with Gasteiger partial charge in [-0.2, -0.15) is 0 Å². The van der Waals surface area contributed by atoms with Crippen molar-refractivity contribution in [1.82, 2.24) is 14.9 Å². The van der Waals surface area contributed by atoms with Crippen LogP contribution in [0.4, 0.5) is 11.6 Å². The average Bonchev–Trinajstić information content (AvgIpc) is 2.70. The van der Waals surface area contributed by atoms with Crippen molar-refractivity contribution in [2.24, 2.45) is 0 Å². The zero-order chi connectivity index (χ0) is 22.5. The molecular formula is C24H28N4O3.